The Labute approximate surface area is 184 Å². The van der Waals surface area contributed by atoms with Gasteiger partial charge >= 0.3 is 0 Å². The second-order valence-corrected chi connectivity index (χ2v) is 9.58. The quantitative estimate of drug-likeness (QED) is 0.299. The maximum absolute atomic E-state index is 11.5. The maximum atomic E-state index is 11.5. The van der Waals surface area contributed by atoms with E-state index in [1.807, 2.05) is 37.3 Å². The highest BCUT2D eigenvalue weighted by molar-refractivity contribution is 8.22. The van der Waals surface area contributed by atoms with Crippen LogP contribution in [0.2, 0.25) is 0 Å². The van der Waals surface area contributed by atoms with Crippen LogP contribution in [0.5, 0.6) is 0 Å². The van der Waals surface area contributed by atoms with Gasteiger partial charge in [-0.2, -0.15) is 0 Å². The number of thiocarbonyl (C=S) groups is 1. The first kappa shape index (κ1) is 22.4. The molecule has 7 nitrogen and oxygen atoms in total. The Hall–Kier alpha value is -2.24. The maximum Gasteiger partial charge on any atom is 0.264 e. The van der Waals surface area contributed by atoms with E-state index in [1.54, 1.807) is 12.1 Å². The third kappa shape index (κ3) is 5.46. The van der Waals surface area contributed by atoms with Gasteiger partial charge in [-0.1, -0.05) is 43.7 Å². The molecule has 0 atom stereocenters. The summed E-state index contributed by atoms with van der Waals surface area (Å²) in [4.78, 5) is 4.57. The van der Waals surface area contributed by atoms with E-state index in [-0.39, 0.29) is 14.4 Å². The molecule has 30 heavy (non-hydrogen) atoms. The molecule has 10 heteroatoms. The third-order valence-corrected chi connectivity index (χ3v) is 6.33. The molecule has 0 bridgehead atoms. The van der Waals surface area contributed by atoms with Crippen LogP contribution in [0.25, 0.3) is 22.6 Å². The molecule has 1 aromatic heterocycles. The molecule has 0 saturated carbocycles. The van der Waals surface area contributed by atoms with E-state index >= 15 is 0 Å². The van der Waals surface area contributed by atoms with E-state index in [4.69, 9.17) is 21.8 Å². The molecule has 0 aliphatic carbocycles. The van der Waals surface area contributed by atoms with Gasteiger partial charge in [0.25, 0.3) is 5.22 Å². The van der Waals surface area contributed by atoms with Gasteiger partial charge in [-0.05, 0) is 42.9 Å². The smallest absolute Gasteiger partial charge is 0.264 e. The largest absolute Gasteiger partial charge is 0.430 e. The number of hydrogen-bond acceptors (Lipinski definition) is 7. The van der Waals surface area contributed by atoms with E-state index < -0.39 is 10.0 Å². The lowest BCUT2D eigenvalue weighted by molar-refractivity contribution is -0.00878. The number of primary sulfonamides is 1. The molecule has 0 saturated heterocycles. The molecule has 3 N–H and O–H groups in total. The molecule has 0 aliphatic rings. The number of sulfonamides is 1. The molecule has 0 fully saturated rings. The summed E-state index contributed by atoms with van der Waals surface area (Å²) in [6.07, 6.45) is 1.74. The summed E-state index contributed by atoms with van der Waals surface area (Å²) in [5.74, 6) is 0.463. The van der Waals surface area contributed by atoms with Crippen LogP contribution in [-0.4, -0.2) is 34.5 Å². The van der Waals surface area contributed by atoms with Gasteiger partial charge in [0.1, 0.15) is 5.69 Å². The molecular formula is C20H21N3O4S3. The van der Waals surface area contributed by atoms with Crippen molar-refractivity contribution in [3.63, 3.8) is 0 Å². The van der Waals surface area contributed by atoms with Crippen LogP contribution >= 0.6 is 24.0 Å². The van der Waals surface area contributed by atoms with Crippen LogP contribution in [0.1, 0.15) is 19.8 Å². The highest BCUT2D eigenvalue weighted by atomic mass is 32.2. The monoisotopic (exact) mass is 463 g/mol. The Morgan fingerprint density at radius 2 is 1.83 bits per heavy atom. The zero-order chi connectivity index (χ0) is 21.7. The van der Waals surface area contributed by atoms with Crippen LogP contribution in [0, 0.1) is 0 Å². The lowest BCUT2D eigenvalue weighted by Gasteiger charge is -2.14. The number of hydrogen-bond donors (Lipinski definition) is 2. The lowest BCUT2D eigenvalue weighted by atomic mass is 10.1. The van der Waals surface area contributed by atoms with E-state index in [0.29, 0.717) is 23.6 Å². The second-order valence-electron chi connectivity index (χ2n) is 6.44. The minimum Gasteiger partial charge on any atom is -0.430 e. The predicted molar refractivity (Wildman–Crippen MR) is 121 cm³/mol. The predicted octanol–water partition coefficient (Wildman–Crippen LogP) is 4.52. The van der Waals surface area contributed by atoms with E-state index in [2.05, 4.69) is 4.98 Å². The third-order valence-electron chi connectivity index (χ3n) is 4.21. The molecule has 0 aliphatic heterocycles. The summed E-state index contributed by atoms with van der Waals surface area (Å²) in [7, 11) is -3.79. The van der Waals surface area contributed by atoms with Crippen LogP contribution in [0.15, 0.2) is 69.1 Å². The average molecular weight is 464 g/mol. The zero-order valence-corrected chi connectivity index (χ0v) is 18.6. The molecule has 3 rings (SSSR count). The number of rotatable bonds is 7. The number of thioether (sulfide) groups is 1. The van der Waals surface area contributed by atoms with Gasteiger partial charge in [0.2, 0.25) is 10.0 Å². The van der Waals surface area contributed by atoms with Gasteiger partial charge in [-0.25, -0.2) is 23.6 Å². The van der Waals surface area contributed by atoms with Gasteiger partial charge in [-0.15, -0.1) is 0 Å². The first-order chi connectivity index (χ1) is 14.3. The van der Waals surface area contributed by atoms with Crippen molar-refractivity contribution in [2.24, 2.45) is 5.14 Å². The summed E-state index contributed by atoms with van der Waals surface area (Å²) in [6.45, 7) is 2.45. The first-order valence-electron chi connectivity index (χ1n) is 9.17. The summed E-state index contributed by atoms with van der Waals surface area (Å²) in [5, 5.41) is 16.5. The Morgan fingerprint density at radius 1 is 1.17 bits per heavy atom. The van der Waals surface area contributed by atoms with Crippen molar-refractivity contribution in [2.45, 2.75) is 29.9 Å². The Morgan fingerprint density at radius 3 is 2.43 bits per heavy atom. The fourth-order valence-electron chi connectivity index (χ4n) is 2.65. The van der Waals surface area contributed by atoms with Crippen LogP contribution < -0.4 is 5.14 Å². The van der Waals surface area contributed by atoms with Crippen molar-refractivity contribution in [3.05, 3.63) is 54.6 Å². The first-order valence-corrected chi connectivity index (χ1v) is 11.9. The van der Waals surface area contributed by atoms with Crippen molar-refractivity contribution < 1.29 is 18.0 Å². The number of hydroxylamine groups is 2. The van der Waals surface area contributed by atoms with Crippen LogP contribution in [0.4, 0.5) is 0 Å². The Balaban J connectivity index is 1.96. The minimum atomic E-state index is -3.79. The van der Waals surface area contributed by atoms with Crippen LogP contribution in [0.3, 0.4) is 0 Å². The summed E-state index contributed by atoms with van der Waals surface area (Å²) in [6, 6.07) is 15.5. The number of unbranched alkanes of at least 4 members (excludes halogenated alkanes) is 1. The molecule has 158 valence electrons. The number of nitrogens with two attached hydrogens (primary N) is 1. The molecule has 0 spiro atoms. The van der Waals surface area contributed by atoms with E-state index in [1.165, 1.54) is 12.1 Å². The van der Waals surface area contributed by atoms with Gasteiger partial charge in [0.05, 0.1) is 4.90 Å². The van der Waals surface area contributed by atoms with E-state index in [9.17, 15) is 13.6 Å². The molecule has 2 aromatic carbocycles. The van der Waals surface area contributed by atoms with Gasteiger partial charge < -0.3 is 4.42 Å². The normalized spacial score (nSPS) is 11.4. The average Bonchev–Trinajstić information content (AvgIpc) is 3.15. The van der Waals surface area contributed by atoms with Crippen molar-refractivity contribution in [1.29, 1.82) is 0 Å². The minimum absolute atomic E-state index is 0.00893. The summed E-state index contributed by atoms with van der Waals surface area (Å²) in [5.41, 5.74) is 2.05. The molecule has 0 amide bonds. The van der Waals surface area contributed by atoms with Gasteiger partial charge in [0, 0.05) is 29.4 Å². The number of oxazole rings is 1. The molecular weight excluding hydrogens is 442 g/mol. The number of benzene rings is 2. The van der Waals surface area contributed by atoms with E-state index in [0.717, 1.165) is 35.2 Å². The fraction of sp³-hybridized carbons (Fsp3) is 0.200. The zero-order valence-electron chi connectivity index (χ0n) is 16.2. The van der Waals surface area contributed by atoms with Crippen molar-refractivity contribution in [1.82, 2.24) is 10.0 Å². The van der Waals surface area contributed by atoms with Crippen molar-refractivity contribution in [2.75, 3.05) is 6.54 Å². The summed E-state index contributed by atoms with van der Waals surface area (Å²) < 4.78 is 29.2. The van der Waals surface area contributed by atoms with Gasteiger partial charge in [-0.3, -0.25) is 5.21 Å². The Kier molecular flexibility index (Phi) is 7.27. The SMILES string of the molecule is CCCCN(O)C(=S)Sc1nc(-c2ccccc2)c(-c2ccc(S(N)(=O)=O)cc2)o1. The summed E-state index contributed by atoms with van der Waals surface area (Å²) >= 11 is 6.32. The Bertz CT molecular complexity index is 1110. The van der Waals surface area contributed by atoms with Gasteiger partial charge in [0.15, 0.2) is 10.1 Å². The lowest BCUT2D eigenvalue weighted by Crippen LogP contribution is -2.24. The van der Waals surface area contributed by atoms with Crippen molar-refractivity contribution in [3.8, 4) is 22.6 Å². The molecule has 0 unspecified atom stereocenters. The molecule has 3 aromatic rings. The fourth-order valence-corrected chi connectivity index (χ4v) is 4.08. The van der Waals surface area contributed by atoms with Crippen LogP contribution in [-0.2, 0) is 10.0 Å². The topological polar surface area (TPSA) is 110 Å². The molecule has 0 radical (unpaired) electrons. The second kappa shape index (κ2) is 9.71. The highest BCUT2D eigenvalue weighted by Crippen LogP contribution is 2.36. The van der Waals surface area contributed by atoms with Crippen molar-refractivity contribution >= 4 is 38.3 Å². The number of nitrogens with zero attached hydrogens (tertiary/aromatic N) is 2. The number of aromatic nitrogens is 1. The standard InChI is InChI=1S/C20H21N3O4S3/c1-2-3-13-23(24)20(28)29-19-22-17(14-7-5-4-6-8-14)18(27-19)15-9-11-16(12-10-15)30(21,25)26/h4-12,24H,2-3,13H2,1H3,(H2,21,25,26). The molecule has 1 heterocycles. The highest BCUT2D eigenvalue weighted by Gasteiger charge is 2.20.